The maximum absolute atomic E-state index is 13.0. The van der Waals surface area contributed by atoms with E-state index in [1.165, 1.54) is 0 Å². The van der Waals surface area contributed by atoms with E-state index in [-0.39, 0.29) is 18.4 Å². The molecule has 0 aliphatic carbocycles. The summed E-state index contributed by atoms with van der Waals surface area (Å²) in [6.07, 6.45) is 2.31. The normalized spacial score (nSPS) is 25.7. The molecule has 3 heterocycles. The van der Waals surface area contributed by atoms with Gasteiger partial charge in [-0.15, -0.1) is 0 Å². The first-order valence-corrected chi connectivity index (χ1v) is 8.26. The molecule has 0 unspecified atom stereocenters. The number of amides is 4. The molecular weight excluding hydrogens is 310 g/mol. The summed E-state index contributed by atoms with van der Waals surface area (Å²) in [5.74, 6) is 0.0642. The predicted octanol–water partition coefficient (Wildman–Crippen LogP) is 0.839. The number of rotatable bonds is 2. The van der Waals surface area contributed by atoms with Crippen molar-refractivity contribution in [1.82, 2.24) is 15.1 Å². The monoisotopic (exact) mass is 329 g/mol. The lowest BCUT2D eigenvalue weighted by Crippen LogP contribution is -2.48. The molecule has 2 fully saturated rings. The Kier molecular flexibility index (Phi) is 3.44. The number of imide groups is 1. The summed E-state index contributed by atoms with van der Waals surface area (Å²) in [5.41, 5.74) is -0.456. The fourth-order valence-corrected chi connectivity index (χ4v) is 3.72. The van der Waals surface area contributed by atoms with Gasteiger partial charge in [-0.1, -0.05) is 18.2 Å². The van der Waals surface area contributed by atoms with Crippen molar-refractivity contribution in [3.8, 4) is 5.75 Å². The number of hydrogen-bond acceptors (Lipinski definition) is 4. The van der Waals surface area contributed by atoms with Crippen molar-refractivity contribution < 1.29 is 19.1 Å². The first-order chi connectivity index (χ1) is 11.6. The quantitative estimate of drug-likeness (QED) is 0.816. The first-order valence-electron chi connectivity index (χ1n) is 8.26. The van der Waals surface area contributed by atoms with Gasteiger partial charge in [-0.05, 0) is 18.9 Å². The SMILES string of the molecule is O=C(CN1C(=O)N[C@]2(CCOc3ccccc32)C1=O)N1CCCC1. The molecule has 0 radical (unpaired) electrons. The van der Waals surface area contributed by atoms with Crippen molar-refractivity contribution >= 4 is 17.8 Å². The molecule has 7 heteroatoms. The molecule has 1 N–H and O–H groups in total. The molecule has 24 heavy (non-hydrogen) atoms. The van der Waals surface area contributed by atoms with Crippen LogP contribution in [-0.2, 0) is 15.1 Å². The van der Waals surface area contributed by atoms with Crippen LogP contribution in [0, 0.1) is 0 Å². The van der Waals surface area contributed by atoms with E-state index < -0.39 is 11.6 Å². The van der Waals surface area contributed by atoms with E-state index in [9.17, 15) is 14.4 Å². The van der Waals surface area contributed by atoms with Gasteiger partial charge in [0, 0.05) is 25.1 Å². The lowest BCUT2D eigenvalue weighted by Gasteiger charge is -2.33. The van der Waals surface area contributed by atoms with Crippen LogP contribution < -0.4 is 10.1 Å². The van der Waals surface area contributed by atoms with Gasteiger partial charge in [0.2, 0.25) is 5.91 Å². The van der Waals surface area contributed by atoms with Crippen LogP contribution in [-0.4, -0.2) is 53.9 Å². The van der Waals surface area contributed by atoms with Gasteiger partial charge < -0.3 is 15.0 Å². The summed E-state index contributed by atoms with van der Waals surface area (Å²) >= 11 is 0. The first kappa shape index (κ1) is 15.0. The van der Waals surface area contributed by atoms with Gasteiger partial charge in [0.05, 0.1) is 6.61 Å². The largest absolute Gasteiger partial charge is 0.493 e. The maximum Gasteiger partial charge on any atom is 0.325 e. The fourth-order valence-electron chi connectivity index (χ4n) is 3.72. The number of carbonyl (C=O) groups excluding carboxylic acids is 3. The van der Waals surface area contributed by atoms with Crippen LogP contribution in [0.2, 0.25) is 0 Å². The van der Waals surface area contributed by atoms with Crippen molar-refractivity contribution in [2.75, 3.05) is 26.2 Å². The molecule has 1 aromatic carbocycles. The van der Waals surface area contributed by atoms with Crippen molar-refractivity contribution in [2.24, 2.45) is 0 Å². The molecule has 0 bridgehead atoms. The molecule has 1 aromatic rings. The smallest absolute Gasteiger partial charge is 0.325 e. The van der Waals surface area contributed by atoms with E-state index in [4.69, 9.17) is 4.74 Å². The Hall–Kier alpha value is -2.57. The fraction of sp³-hybridized carbons (Fsp3) is 0.471. The second-order valence-corrected chi connectivity index (χ2v) is 6.41. The van der Waals surface area contributed by atoms with Crippen LogP contribution in [0.4, 0.5) is 4.79 Å². The van der Waals surface area contributed by atoms with Crippen LogP contribution in [0.15, 0.2) is 24.3 Å². The number of ether oxygens (including phenoxy) is 1. The standard InChI is InChI=1S/C17H19N3O4/c21-14(19-8-3-4-9-19)11-20-15(22)17(18-16(20)23)7-10-24-13-6-2-1-5-12(13)17/h1-2,5-6H,3-4,7-11H2,(H,18,23)/t17-/m0/s1. The number of hydrogen-bond donors (Lipinski definition) is 1. The summed E-state index contributed by atoms with van der Waals surface area (Å²) in [6, 6.07) is 6.71. The highest BCUT2D eigenvalue weighted by molar-refractivity contribution is 6.09. The Balaban J connectivity index is 1.61. The van der Waals surface area contributed by atoms with E-state index in [0.29, 0.717) is 37.4 Å². The minimum Gasteiger partial charge on any atom is -0.493 e. The van der Waals surface area contributed by atoms with Crippen molar-refractivity contribution in [1.29, 1.82) is 0 Å². The number of para-hydroxylation sites is 1. The van der Waals surface area contributed by atoms with E-state index in [1.54, 1.807) is 17.0 Å². The third-order valence-corrected chi connectivity index (χ3v) is 5.01. The average Bonchev–Trinajstić information content (AvgIpc) is 3.20. The molecule has 7 nitrogen and oxygen atoms in total. The predicted molar refractivity (Wildman–Crippen MR) is 84.3 cm³/mol. The van der Waals surface area contributed by atoms with Gasteiger partial charge in [-0.3, -0.25) is 14.5 Å². The molecule has 1 spiro atoms. The Morgan fingerprint density at radius 2 is 1.96 bits per heavy atom. The van der Waals surface area contributed by atoms with E-state index >= 15 is 0 Å². The van der Waals surface area contributed by atoms with Crippen LogP contribution >= 0.6 is 0 Å². The molecule has 126 valence electrons. The minimum atomic E-state index is -1.11. The molecule has 0 aromatic heterocycles. The Morgan fingerprint density at radius 3 is 2.75 bits per heavy atom. The minimum absolute atomic E-state index is 0.173. The summed E-state index contributed by atoms with van der Waals surface area (Å²) in [7, 11) is 0. The van der Waals surface area contributed by atoms with E-state index in [0.717, 1.165) is 17.7 Å². The maximum atomic E-state index is 13.0. The zero-order chi connectivity index (χ0) is 16.7. The number of benzene rings is 1. The van der Waals surface area contributed by atoms with Crippen LogP contribution in [0.1, 0.15) is 24.8 Å². The van der Waals surface area contributed by atoms with Crippen molar-refractivity contribution in [3.05, 3.63) is 29.8 Å². The molecule has 3 aliphatic heterocycles. The highest BCUT2D eigenvalue weighted by atomic mass is 16.5. The van der Waals surface area contributed by atoms with Crippen LogP contribution in [0.3, 0.4) is 0 Å². The zero-order valence-corrected chi connectivity index (χ0v) is 13.3. The van der Waals surface area contributed by atoms with Gasteiger partial charge in [-0.25, -0.2) is 4.79 Å². The van der Waals surface area contributed by atoms with Gasteiger partial charge in [0.1, 0.15) is 12.3 Å². The van der Waals surface area contributed by atoms with Crippen LogP contribution in [0.5, 0.6) is 5.75 Å². The van der Waals surface area contributed by atoms with Crippen molar-refractivity contribution in [2.45, 2.75) is 24.8 Å². The second kappa shape index (κ2) is 5.51. The summed E-state index contributed by atoms with van der Waals surface area (Å²) in [4.78, 5) is 40.5. The van der Waals surface area contributed by atoms with Gasteiger partial charge >= 0.3 is 6.03 Å². The van der Waals surface area contributed by atoms with Crippen molar-refractivity contribution in [3.63, 3.8) is 0 Å². The second-order valence-electron chi connectivity index (χ2n) is 6.41. The Morgan fingerprint density at radius 1 is 1.21 bits per heavy atom. The van der Waals surface area contributed by atoms with Gasteiger partial charge in [0.15, 0.2) is 5.54 Å². The third kappa shape index (κ3) is 2.15. The Bertz CT molecular complexity index is 714. The Labute approximate surface area is 139 Å². The molecule has 0 saturated carbocycles. The molecular formula is C17H19N3O4. The molecule has 4 rings (SSSR count). The van der Waals surface area contributed by atoms with Gasteiger partial charge in [-0.2, -0.15) is 0 Å². The number of carbonyl (C=O) groups is 3. The summed E-state index contributed by atoms with van der Waals surface area (Å²) in [5, 5.41) is 2.81. The molecule has 3 aliphatic rings. The third-order valence-electron chi connectivity index (χ3n) is 5.01. The van der Waals surface area contributed by atoms with E-state index in [2.05, 4.69) is 5.32 Å². The molecule has 2 saturated heterocycles. The highest BCUT2D eigenvalue weighted by Crippen LogP contribution is 2.40. The number of nitrogens with zero attached hydrogens (tertiary/aromatic N) is 2. The number of fused-ring (bicyclic) bond motifs is 2. The summed E-state index contributed by atoms with van der Waals surface area (Å²) < 4.78 is 5.59. The lowest BCUT2D eigenvalue weighted by molar-refractivity contribution is -0.139. The number of urea groups is 1. The van der Waals surface area contributed by atoms with Crippen LogP contribution in [0.25, 0.3) is 0 Å². The molecule has 4 amide bonds. The average molecular weight is 329 g/mol. The summed E-state index contributed by atoms with van der Waals surface area (Å²) in [6.45, 7) is 1.54. The molecule has 1 atom stereocenters. The lowest BCUT2D eigenvalue weighted by atomic mass is 9.84. The topological polar surface area (TPSA) is 79.0 Å². The van der Waals surface area contributed by atoms with Gasteiger partial charge in [0.25, 0.3) is 5.91 Å². The van der Waals surface area contributed by atoms with E-state index in [1.807, 2.05) is 12.1 Å². The number of nitrogens with one attached hydrogen (secondary N) is 1. The highest BCUT2D eigenvalue weighted by Gasteiger charge is 2.55. The number of likely N-dealkylation sites (tertiary alicyclic amines) is 1. The zero-order valence-electron chi connectivity index (χ0n) is 13.3.